The second-order valence-corrected chi connectivity index (χ2v) is 2.81. The van der Waals surface area contributed by atoms with Crippen LogP contribution in [0, 0.1) is 6.92 Å². The van der Waals surface area contributed by atoms with Gasteiger partial charge in [0.2, 0.25) is 0 Å². The number of aryl methyl sites for hydroxylation is 1. The predicted molar refractivity (Wildman–Crippen MR) is 55.7 cm³/mol. The van der Waals surface area contributed by atoms with Gasteiger partial charge >= 0.3 is 0 Å². The molecule has 1 rings (SSSR count). The third-order valence-corrected chi connectivity index (χ3v) is 1.74. The summed E-state index contributed by atoms with van der Waals surface area (Å²) in [7, 11) is 1.51. The highest BCUT2D eigenvalue weighted by Gasteiger charge is 1.94. The molecule has 1 aromatic rings. The standard InChI is InChI=1S/C11H13NO/c1-9-4-6-11(7-5-9)10(2)8-12-13-3/h4-8H,2H2,1,3H3/b12-8-. The summed E-state index contributed by atoms with van der Waals surface area (Å²) >= 11 is 0. The molecule has 2 heteroatoms. The molecule has 13 heavy (non-hydrogen) atoms. The van der Waals surface area contributed by atoms with Gasteiger partial charge in [-0.3, -0.25) is 0 Å². The molecule has 1 aromatic carbocycles. The maximum absolute atomic E-state index is 4.57. The maximum Gasteiger partial charge on any atom is 0.106 e. The first-order chi connectivity index (χ1) is 6.24. The molecule has 0 heterocycles. The van der Waals surface area contributed by atoms with Gasteiger partial charge in [-0.1, -0.05) is 41.6 Å². The largest absolute Gasteiger partial charge is 0.399 e. The lowest BCUT2D eigenvalue weighted by atomic mass is 10.1. The molecule has 0 bridgehead atoms. The van der Waals surface area contributed by atoms with Crippen molar-refractivity contribution in [3.63, 3.8) is 0 Å². The van der Waals surface area contributed by atoms with Crippen molar-refractivity contribution in [3.05, 3.63) is 42.0 Å². The Balaban J connectivity index is 2.78. The lowest BCUT2D eigenvalue weighted by Crippen LogP contribution is -1.84. The highest BCUT2D eigenvalue weighted by Crippen LogP contribution is 2.10. The fourth-order valence-electron chi connectivity index (χ4n) is 0.958. The number of allylic oxidation sites excluding steroid dienone is 1. The van der Waals surface area contributed by atoms with E-state index in [1.807, 2.05) is 24.3 Å². The molecule has 0 N–H and O–H groups in total. The fourth-order valence-corrected chi connectivity index (χ4v) is 0.958. The van der Waals surface area contributed by atoms with Crippen molar-refractivity contribution in [2.24, 2.45) is 5.16 Å². The molecular formula is C11H13NO. The van der Waals surface area contributed by atoms with Crippen LogP contribution in [0.25, 0.3) is 5.57 Å². The normalized spacial score (nSPS) is 10.3. The van der Waals surface area contributed by atoms with Crippen LogP contribution in [0.5, 0.6) is 0 Å². The van der Waals surface area contributed by atoms with E-state index in [4.69, 9.17) is 0 Å². The first kappa shape index (κ1) is 9.52. The molecule has 0 radical (unpaired) electrons. The van der Waals surface area contributed by atoms with Crippen molar-refractivity contribution in [2.75, 3.05) is 7.11 Å². The van der Waals surface area contributed by atoms with Gasteiger partial charge < -0.3 is 4.84 Å². The van der Waals surface area contributed by atoms with Crippen LogP contribution in [0.2, 0.25) is 0 Å². The van der Waals surface area contributed by atoms with Crippen LogP contribution in [-0.4, -0.2) is 13.3 Å². The van der Waals surface area contributed by atoms with Crippen LogP contribution in [0.1, 0.15) is 11.1 Å². The summed E-state index contributed by atoms with van der Waals surface area (Å²) in [5.74, 6) is 0. The Labute approximate surface area is 78.5 Å². The molecule has 0 fully saturated rings. The zero-order valence-electron chi connectivity index (χ0n) is 7.95. The molecule has 0 saturated carbocycles. The number of rotatable bonds is 3. The van der Waals surface area contributed by atoms with Gasteiger partial charge in [0.05, 0.1) is 6.21 Å². The Morgan fingerprint density at radius 1 is 1.38 bits per heavy atom. The van der Waals surface area contributed by atoms with E-state index in [1.54, 1.807) is 6.21 Å². The predicted octanol–water partition coefficient (Wildman–Crippen LogP) is 2.64. The van der Waals surface area contributed by atoms with Crippen LogP contribution in [0.15, 0.2) is 36.0 Å². The second-order valence-electron chi connectivity index (χ2n) is 2.81. The van der Waals surface area contributed by atoms with Crippen molar-refractivity contribution < 1.29 is 4.84 Å². The number of oxime groups is 1. The quantitative estimate of drug-likeness (QED) is 0.511. The maximum atomic E-state index is 4.57. The monoisotopic (exact) mass is 175 g/mol. The lowest BCUT2D eigenvalue weighted by molar-refractivity contribution is 0.216. The summed E-state index contributed by atoms with van der Waals surface area (Å²) in [6, 6.07) is 8.11. The molecule has 0 saturated heterocycles. The number of benzene rings is 1. The summed E-state index contributed by atoms with van der Waals surface area (Å²) in [5, 5.41) is 3.65. The lowest BCUT2D eigenvalue weighted by Gasteiger charge is -1.99. The van der Waals surface area contributed by atoms with E-state index >= 15 is 0 Å². The van der Waals surface area contributed by atoms with Crippen molar-refractivity contribution in [1.29, 1.82) is 0 Å². The van der Waals surface area contributed by atoms with E-state index in [2.05, 4.69) is 23.5 Å². The van der Waals surface area contributed by atoms with Gasteiger partial charge in [0.1, 0.15) is 7.11 Å². The summed E-state index contributed by atoms with van der Waals surface area (Å²) in [4.78, 5) is 4.57. The van der Waals surface area contributed by atoms with E-state index in [1.165, 1.54) is 12.7 Å². The van der Waals surface area contributed by atoms with Gasteiger partial charge in [-0.15, -0.1) is 0 Å². The van der Waals surface area contributed by atoms with Crippen LogP contribution < -0.4 is 0 Å². The SMILES string of the molecule is C=C(/C=N\OC)c1ccc(C)cc1. The average molecular weight is 175 g/mol. The molecule has 0 spiro atoms. The number of hydrogen-bond acceptors (Lipinski definition) is 2. The summed E-state index contributed by atoms with van der Waals surface area (Å²) < 4.78 is 0. The Hall–Kier alpha value is -1.57. The van der Waals surface area contributed by atoms with Gasteiger partial charge in [0.25, 0.3) is 0 Å². The van der Waals surface area contributed by atoms with Crippen molar-refractivity contribution in [1.82, 2.24) is 0 Å². The van der Waals surface area contributed by atoms with Crippen molar-refractivity contribution >= 4 is 11.8 Å². The van der Waals surface area contributed by atoms with Crippen molar-refractivity contribution in [3.8, 4) is 0 Å². The Morgan fingerprint density at radius 3 is 2.54 bits per heavy atom. The fraction of sp³-hybridized carbons (Fsp3) is 0.182. The minimum absolute atomic E-state index is 0.849. The van der Waals surface area contributed by atoms with Crippen LogP contribution in [0.3, 0.4) is 0 Å². The Kier molecular flexibility index (Phi) is 3.26. The molecule has 0 aliphatic rings. The molecule has 0 aliphatic heterocycles. The molecule has 0 aromatic heterocycles. The Bertz CT molecular complexity index is 311. The highest BCUT2D eigenvalue weighted by atomic mass is 16.6. The van der Waals surface area contributed by atoms with Crippen LogP contribution in [0.4, 0.5) is 0 Å². The van der Waals surface area contributed by atoms with Gasteiger partial charge in [-0.05, 0) is 18.1 Å². The van der Waals surface area contributed by atoms with Gasteiger partial charge in [0, 0.05) is 0 Å². The molecule has 2 nitrogen and oxygen atoms in total. The van der Waals surface area contributed by atoms with Crippen LogP contribution >= 0.6 is 0 Å². The zero-order chi connectivity index (χ0) is 9.68. The molecule has 0 amide bonds. The number of hydrogen-bond donors (Lipinski definition) is 0. The molecule has 0 aliphatic carbocycles. The average Bonchev–Trinajstić information content (AvgIpc) is 2.15. The van der Waals surface area contributed by atoms with E-state index in [0.717, 1.165) is 11.1 Å². The summed E-state index contributed by atoms with van der Waals surface area (Å²) in [6.45, 7) is 5.91. The highest BCUT2D eigenvalue weighted by molar-refractivity contribution is 6.08. The van der Waals surface area contributed by atoms with E-state index in [0.29, 0.717) is 0 Å². The molecular weight excluding hydrogens is 162 g/mol. The Morgan fingerprint density at radius 2 is 2.00 bits per heavy atom. The first-order valence-electron chi connectivity index (χ1n) is 4.06. The van der Waals surface area contributed by atoms with E-state index in [9.17, 15) is 0 Å². The third-order valence-electron chi connectivity index (χ3n) is 1.74. The van der Waals surface area contributed by atoms with Crippen LogP contribution in [-0.2, 0) is 4.84 Å². The second kappa shape index (κ2) is 4.45. The number of nitrogens with zero attached hydrogens (tertiary/aromatic N) is 1. The van der Waals surface area contributed by atoms with Gasteiger partial charge in [-0.2, -0.15) is 0 Å². The molecule has 0 atom stereocenters. The smallest absolute Gasteiger partial charge is 0.106 e. The summed E-state index contributed by atoms with van der Waals surface area (Å²) in [5.41, 5.74) is 3.15. The third kappa shape index (κ3) is 2.75. The molecule has 68 valence electrons. The molecule has 0 unspecified atom stereocenters. The topological polar surface area (TPSA) is 21.6 Å². The van der Waals surface area contributed by atoms with Gasteiger partial charge in [0.15, 0.2) is 0 Å². The first-order valence-corrected chi connectivity index (χ1v) is 4.06. The van der Waals surface area contributed by atoms with Gasteiger partial charge in [-0.25, -0.2) is 0 Å². The summed E-state index contributed by atoms with van der Waals surface area (Å²) in [6.07, 6.45) is 1.60. The minimum Gasteiger partial charge on any atom is -0.399 e. The minimum atomic E-state index is 0.849. The van der Waals surface area contributed by atoms with E-state index < -0.39 is 0 Å². The van der Waals surface area contributed by atoms with Crippen molar-refractivity contribution in [2.45, 2.75) is 6.92 Å². The van der Waals surface area contributed by atoms with E-state index in [-0.39, 0.29) is 0 Å². The zero-order valence-corrected chi connectivity index (χ0v) is 7.95.